The number of ether oxygens (including phenoxy) is 1. The summed E-state index contributed by atoms with van der Waals surface area (Å²) in [5, 5.41) is 3.17. The van der Waals surface area contributed by atoms with E-state index in [0.717, 1.165) is 30.0 Å². The minimum Gasteiger partial charge on any atom is -0.496 e. The Balaban J connectivity index is 1.61. The fourth-order valence-electron chi connectivity index (χ4n) is 4.39. The third kappa shape index (κ3) is 3.23. The number of carbonyl (C=O) groups excluding carboxylic acids is 1. The van der Waals surface area contributed by atoms with Crippen molar-refractivity contribution in [1.29, 1.82) is 0 Å². The maximum Gasteiger partial charge on any atom is 0.273 e. The van der Waals surface area contributed by atoms with Gasteiger partial charge in [0.2, 0.25) is 0 Å². The van der Waals surface area contributed by atoms with E-state index in [2.05, 4.69) is 9.88 Å². The van der Waals surface area contributed by atoms with Crippen molar-refractivity contribution >= 4 is 28.8 Å². The van der Waals surface area contributed by atoms with Gasteiger partial charge in [-0.05, 0) is 43.7 Å². The molecule has 1 aliphatic heterocycles. The molecule has 1 saturated heterocycles. The van der Waals surface area contributed by atoms with Gasteiger partial charge in [-0.15, -0.1) is 11.3 Å². The van der Waals surface area contributed by atoms with Gasteiger partial charge in [0.1, 0.15) is 16.5 Å². The fraction of sp³-hybridized carbons (Fsp3) is 0.500. The molecular formula is C20H23ClN2O2S. The van der Waals surface area contributed by atoms with Crippen LogP contribution in [0.25, 0.3) is 10.6 Å². The Morgan fingerprint density at radius 1 is 1.27 bits per heavy atom. The van der Waals surface area contributed by atoms with Crippen molar-refractivity contribution in [3.8, 4) is 16.3 Å². The molecule has 0 spiro atoms. The second-order valence-electron chi connectivity index (χ2n) is 7.11. The van der Waals surface area contributed by atoms with Crippen LogP contribution in [0, 0.1) is 5.92 Å². The molecular weight excluding hydrogens is 368 g/mol. The topological polar surface area (TPSA) is 42.4 Å². The van der Waals surface area contributed by atoms with Crippen molar-refractivity contribution in [2.75, 3.05) is 13.7 Å². The Kier molecular flexibility index (Phi) is 5.18. The van der Waals surface area contributed by atoms with Gasteiger partial charge in [0.25, 0.3) is 5.91 Å². The summed E-state index contributed by atoms with van der Waals surface area (Å²) in [5.74, 6) is 1.41. The predicted molar refractivity (Wildman–Crippen MR) is 105 cm³/mol. The highest BCUT2D eigenvalue weighted by Gasteiger charge is 2.36. The highest BCUT2D eigenvalue weighted by Crippen LogP contribution is 2.39. The van der Waals surface area contributed by atoms with Gasteiger partial charge in [-0.1, -0.05) is 30.5 Å². The number of carbonyl (C=O) groups is 1. The third-order valence-corrected chi connectivity index (χ3v) is 6.81. The average molecular weight is 391 g/mol. The van der Waals surface area contributed by atoms with E-state index in [0.29, 0.717) is 28.4 Å². The predicted octanol–water partition coefficient (Wildman–Crippen LogP) is 5.27. The Bertz CT molecular complexity index is 805. The number of fused-ring (bicyclic) bond motifs is 1. The quantitative estimate of drug-likeness (QED) is 0.717. The molecule has 1 aliphatic carbocycles. The molecule has 4 nitrogen and oxygen atoms in total. The van der Waals surface area contributed by atoms with Crippen molar-refractivity contribution in [3.05, 3.63) is 34.3 Å². The Labute approximate surface area is 163 Å². The third-order valence-electron chi connectivity index (χ3n) is 5.64. The zero-order chi connectivity index (χ0) is 18.1. The molecule has 6 heteroatoms. The highest BCUT2D eigenvalue weighted by molar-refractivity contribution is 7.13. The van der Waals surface area contributed by atoms with E-state index >= 15 is 0 Å². The monoisotopic (exact) mass is 390 g/mol. The molecule has 1 amide bonds. The maximum absolute atomic E-state index is 13.1. The summed E-state index contributed by atoms with van der Waals surface area (Å²) in [6.07, 6.45) is 7.27. The molecule has 2 aliphatic rings. The van der Waals surface area contributed by atoms with Crippen molar-refractivity contribution in [2.24, 2.45) is 5.92 Å². The van der Waals surface area contributed by atoms with Gasteiger partial charge in [0.15, 0.2) is 0 Å². The van der Waals surface area contributed by atoms with E-state index in [1.165, 1.54) is 37.0 Å². The first-order valence-corrected chi connectivity index (χ1v) is 10.5. The number of hydrogen-bond acceptors (Lipinski definition) is 4. The lowest BCUT2D eigenvalue weighted by Gasteiger charge is -2.43. The minimum atomic E-state index is 0.0649. The van der Waals surface area contributed by atoms with Gasteiger partial charge in [0.05, 0.1) is 17.7 Å². The van der Waals surface area contributed by atoms with E-state index in [9.17, 15) is 4.79 Å². The van der Waals surface area contributed by atoms with E-state index in [4.69, 9.17) is 16.3 Å². The van der Waals surface area contributed by atoms with Crippen LogP contribution in [0.15, 0.2) is 23.6 Å². The Morgan fingerprint density at radius 2 is 2.08 bits per heavy atom. The van der Waals surface area contributed by atoms with Gasteiger partial charge in [0, 0.05) is 18.0 Å². The lowest BCUT2D eigenvalue weighted by atomic mass is 9.78. The summed E-state index contributed by atoms with van der Waals surface area (Å²) < 4.78 is 5.42. The number of aromatic nitrogens is 1. The van der Waals surface area contributed by atoms with Crippen molar-refractivity contribution in [3.63, 3.8) is 0 Å². The van der Waals surface area contributed by atoms with Crippen LogP contribution in [0.1, 0.15) is 49.0 Å². The Hall–Kier alpha value is -1.59. The molecule has 1 aromatic carbocycles. The van der Waals surface area contributed by atoms with E-state index in [1.807, 2.05) is 23.6 Å². The first-order chi connectivity index (χ1) is 12.7. The van der Waals surface area contributed by atoms with E-state index < -0.39 is 0 Å². The molecule has 0 N–H and O–H groups in total. The second kappa shape index (κ2) is 7.57. The molecule has 2 heterocycles. The van der Waals surface area contributed by atoms with E-state index in [-0.39, 0.29) is 5.91 Å². The summed E-state index contributed by atoms with van der Waals surface area (Å²) in [5.41, 5.74) is 1.29. The average Bonchev–Trinajstić information content (AvgIpc) is 3.16. The maximum atomic E-state index is 13.1. The van der Waals surface area contributed by atoms with Gasteiger partial charge in [-0.3, -0.25) is 4.79 Å². The molecule has 2 atom stereocenters. The SMILES string of the molecule is COc1cccc(Cl)c1-c1nc(C(=O)N2CCCC3CCCCC32)cs1. The van der Waals surface area contributed by atoms with Crippen LogP contribution in [0.5, 0.6) is 5.75 Å². The van der Waals surface area contributed by atoms with Crippen LogP contribution >= 0.6 is 22.9 Å². The summed E-state index contributed by atoms with van der Waals surface area (Å²) in [4.78, 5) is 19.8. The molecule has 2 aromatic rings. The fourth-order valence-corrected chi connectivity index (χ4v) is 5.56. The number of thiazole rings is 1. The first-order valence-electron chi connectivity index (χ1n) is 9.28. The molecule has 0 radical (unpaired) electrons. The molecule has 4 rings (SSSR count). The van der Waals surface area contributed by atoms with Crippen LogP contribution < -0.4 is 4.74 Å². The molecule has 2 unspecified atom stereocenters. The second-order valence-corrected chi connectivity index (χ2v) is 8.37. The zero-order valence-electron chi connectivity index (χ0n) is 14.9. The van der Waals surface area contributed by atoms with Gasteiger partial charge in [-0.25, -0.2) is 4.98 Å². The van der Waals surface area contributed by atoms with Crippen LogP contribution in [0.3, 0.4) is 0 Å². The number of rotatable bonds is 3. The lowest BCUT2D eigenvalue weighted by molar-refractivity contribution is 0.0386. The number of likely N-dealkylation sites (tertiary alicyclic amines) is 1. The number of halogens is 1. The number of amides is 1. The van der Waals surface area contributed by atoms with Gasteiger partial charge in [-0.2, -0.15) is 0 Å². The molecule has 2 fully saturated rings. The lowest BCUT2D eigenvalue weighted by Crippen LogP contribution is -2.49. The number of methoxy groups -OCH3 is 1. The highest BCUT2D eigenvalue weighted by atomic mass is 35.5. The molecule has 1 aromatic heterocycles. The van der Waals surface area contributed by atoms with Crippen molar-refractivity contribution < 1.29 is 9.53 Å². The first kappa shape index (κ1) is 17.8. The largest absolute Gasteiger partial charge is 0.496 e. The summed E-state index contributed by atoms with van der Waals surface area (Å²) in [6.45, 7) is 0.849. The summed E-state index contributed by atoms with van der Waals surface area (Å²) in [6, 6.07) is 5.92. The summed E-state index contributed by atoms with van der Waals surface area (Å²) in [7, 11) is 1.62. The zero-order valence-corrected chi connectivity index (χ0v) is 16.5. The van der Waals surface area contributed by atoms with Crippen molar-refractivity contribution in [1.82, 2.24) is 9.88 Å². The minimum absolute atomic E-state index is 0.0649. The van der Waals surface area contributed by atoms with Gasteiger partial charge < -0.3 is 9.64 Å². The van der Waals surface area contributed by atoms with Crippen LogP contribution in [-0.4, -0.2) is 35.5 Å². The van der Waals surface area contributed by atoms with E-state index in [1.54, 1.807) is 7.11 Å². The van der Waals surface area contributed by atoms with Crippen LogP contribution in [0.2, 0.25) is 5.02 Å². The van der Waals surface area contributed by atoms with Crippen LogP contribution in [0.4, 0.5) is 0 Å². The number of hydrogen-bond donors (Lipinski definition) is 0. The molecule has 26 heavy (non-hydrogen) atoms. The number of nitrogens with zero attached hydrogens (tertiary/aromatic N) is 2. The normalized spacial score (nSPS) is 22.8. The molecule has 1 saturated carbocycles. The Morgan fingerprint density at radius 3 is 2.92 bits per heavy atom. The van der Waals surface area contributed by atoms with Gasteiger partial charge >= 0.3 is 0 Å². The van der Waals surface area contributed by atoms with Crippen molar-refractivity contribution in [2.45, 2.75) is 44.6 Å². The number of benzene rings is 1. The molecule has 138 valence electrons. The standard InChI is InChI=1S/C20H23ClN2O2S/c1-25-17-10-4-8-14(21)18(17)19-22-15(12-26-19)20(24)23-11-5-7-13-6-2-3-9-16(13)23/h4,8,10,12-13,16H,2-3,5-7,9,11H2,1H3. The smallest absolute Gasteiger partial charge is 0.273 e. The summed E-state index contributed by atoms with van der Waals surface area (Å²) >= 11 is 7.81. The number of piperidine rings is 1. The molecule has 0 bridgehead atoms. The van der Waals surface area contributed by atoms with Crippen LogP contribution in [-0.2, 0) is 0 Å².